The molecule has 3 aromatic rings. The van der Waals surface area contributed by atoms with E-state index in [4.69, 9.17) is 23.2 Å². The van der Waals surface area contributed by atoms with Crippen molar-refractivity contribution >= 4 is 47.4 Å². The van der Waals surface area contributed by atoms with Crippen LogP contribution in [0.25, 0.3) is 11.8 Å². The van der Waals surface area contributed by atoms with Gasteiger partial charge in [-0.3, -0.25) is 9.88 Å². The molecule has 0 amide bonds. The Hall–Kier alpha value is -2.05. The summed E-state index contributed by atoms with van der Waals surface area (Å²) in [6.45, 7) is 6.94. The zero-order valence-electron chi connectivity index (χ0n) is 16.7. The number of aromatic nitrogens is 3. The minimum Gasteiger partial charge on any atom is -0.369 e. The van der Waals surface area contributed by atoms with Crippen molar-refractivity contribution in [2.75, 3.05) is 37.6 Å². The van der Waals surface area contributed by atoms with Gasteiger partial charge in [0.25, 0.3) is 0 Å². The van der Waals surface area contributed by atoms with Gasteiger partial charge < -0.3 is 4.90 Å². The molecule has 3 heterocycles. The maximum Gasteiger partial charge on any atom is 0.0679 e. The third-order valence-electron chi connectivity index (χ3n) is 5.20. The van der Waals surface area contributed by atoms with E-state index in [9.17, 15) is 0 Å². The summed E-state index contributed by atoms with van der Waals surface area (Å²) >= 11 is 12.3. The van der Waals surface area contributed by atoms with Crippen LogP contribution in [0, 0.1) is 6.92 Å². The van der Waals surface area contributed by atoms with Gasteiger partial charge in [0, 0.05) is 72.1 Å². The Morgan fingerprint density at radius 1 is 0.967 bits per heavy atom. The molecule has 5 nitrogen and oxygen atoms in total. The van der Waals surface area contributed by atoms with E-state index in [0.29, 0.717) is 10.0 Å². The number of rotatable bonds is 5. The predicted molar refractivity (Wildman–Crippen MR) is 127 cm³/mol. The van der Waals surface area contributed by atoms with Crippen molar-refractivity contribution < 1.29 is 0 Å². The lowest BCUT2D eigenvalue weighted by atomic mass is 10.2. The zero-order chi connectivity index (χ0) is 20.2. The largest absolute Gasteiger partial charge is 0.369 e. The van der Waals surface area contributed by atoms with Crippen molar-refractivity contribution in [2.24, 2.45) is 0 Å². The first-order chi connectivity index (χ1) is 14.1. The molecule has 0 atom stereocenters. The van der Waals surface area contributed by atoms with E-state index in [1.807, 2.05) is 35.1 Å². The van der Waals surface area contributed by atoms with Gasteiger partial charge in [-0.1, -0.05) is 35.4 Å². The molecule has 0 bridgehead atoms. The first-order valence-corrected chi connectivity index (χ1v) is 10.4. The molecule has 0 spiro atoms. The van der Waals surface area contributed by atoms with Gasteiger partial charge in [-0.25, -0.2) is 4.68 Å². The van der Waals surface area contributed by atoms with Crippen LogP contribution in [0.3, 0.4) is 0 Å². The molecule has 1 aromatic carbocycles. The lowest BCUT2D eigenvalue weighted by Gasteiger charge is -2.35. The van der Waals surface area contributed by atoms with Crippen LogP contribution in [-0.2, 0) is 0 Å². The highest BCUT2D eigenvalue weighted by Gasteiger charge is 2.17. The van der Waals surface area contributed by atoms with Gasteiger partial charge in [0.15, 0.2) is 0 Å². The summed E-state index contributed by atoms with van der Waals surface area (Å²) in [5.41, 5.74) is 4.37. The summed E-state index contributed by atoms with van der Waals surface area (Å²) in [6.07, 6.45) is 9.84. The zero-order valence-corrected chi connectivity index (χ0v) is 19.0. The molecule has 1 aliphatic rings. The molecule has 0 N–H and O–H groups in total. The monoisotopic (exact) mass is 463 g/mol. The number of nitrogens with zero attached hydrogens (tertiary/aromatic N) is 5. The number of pyridine rings is 1. The second kappa shape index (κ2) is 10.3. The standard InChI is InChI=1S/C22H23Cl2N5.ClH/c1-17-18(16-26-29(17)21-4-6-25-7-5-21)3-2-8-27-9-11-28(12-10-27)22-14-19(23)13-20(24)15-22;/h2-7,13-16H,8-12H2,1H3;1H/b3-2+;. The van der Waals surface area contributed by atoms with Gasteiger partial charge in [-0.15, -0.1) is 12.4 Å². The fourth-order valence-corrected chi connectivity index (χ4v) is 4.09. The molecule has 0 saturated carbocycles. The van der Waals surface area contributed by atoms with Crippen molar-refractivity contribution in [1.82, 2.24) is 19.7 Å². The average molecular weight is 465 g/mol. The van der Waals surface area contributed by atoms with E-state index in [0.717, 1.165) is 55.4 Å². The predicted octanol–water partition coefficient (Wildman–Crippen LogP) is 5.14. The Kier molecular flexibility index (Phi) is 7.78. The van der Waals surface area contributed by atoms with Crippen LogP contribution in [0.15, 0.2) is 55.0 Å². The van der Waals surface area contributed by atoms with E-state index < -0.39 is 0 Å². The molecule has 0 radical (unpaired) electrons. The van der Waals surface area contributed by atoms with Crippen molar-refractivity contribution in [2.45, 2.75) is 6.92 Å². The van der Waals surface area contributed by atoms with E-state index in [1.54, 1.807) is 18.5 Å². The molecule has 4 rings (SSSR count). The second-order valence-electron chi connectivity index (χ2n) is 7.12. The average Bonchev–Trinajstić information content (AvgIpc) is 3.09. The summed E-state index contributed by atoms with van der Waals surface area (Å²) < 4.78 is 1.94. The van der Waals surface area contributed by atoms with Crippen LogP contribution < -0.4 is 4.90 Å². The van der Waals surface area contributed by atoms with Crippen LogP contribution in [-0.4, -0.2) is 52.4 Å². The summed E-state index contributed by atoms with van der Waals surface area (Å²) in [5.74, 6) is 0. The van der Waals surface area contributed by atoms with Gasteiger partial charge in [-0.2, -0.15) is 5.10 Å². The maximum absolute atomic E-state index is 6.14. The Morgan fingerprint density at radius 3 is 2.30 bits per heavy atom. The Balaban J connectivity index is 0.00000256. The Morgan fingerprint density at radius 2 is 1.63 bits per heavy atom. The molecule has 0 unspecified atom stereocenters. The smallest absolute Gasteiger partial charge is 0.0679 e. The molecule has 1 aliphatic heterocycles. The fraction of sp³-hybridized carbons (Fsp3) is 0.273. The molecular weight excluding hydrogens is 441 g/mol. The lowest BCUT2D eigenvalue weighted by molar-refractivity contribution is 0.284. The van der Waals surface area contributed by atoms with Crippen LogP contribution >= 0.6 is 35.6 Å². The molecule has 158 valence electrons. The summed E-state index contributed by atoms with van der Waals surface area (Å²) in [5, 5.41) is 5.87. The third-order valence-corrected chi connectivity index (χ3v) is 5.64. The highest BCUT2D eigenvalue weighted by atomic mass is 35.5. The number of anilines is 1. The van der Waals surface area contributed by atoms with Crippen molar-refractivity contribution in [3.05, 3.63) is 76.3 Å². The molecule has 1 fully saturated rings. The summed E-state index contributed by atoms with van der Waals surface area (Å²) in [4.78, 5) is 8.85. The van der Waals surface area contributed by atoms with E-state index in [1.165, 1.54) is 0 Å². The quantitative estimate of drug-likeness (QED) is 0.524. The first-order valence-electron chi connectivity index (χ1n) is 9.65. The minimum atomic E-state index is 0. The van der Waals surface area contributed by atoms with E-state index in [-0.39, 0.29) is 12.4 Å². The molecule has 8 heteroatoms. The number of halogens is 3. The summed E-state index contributed by atoms with van der Waals surface area (Å²) in [6, 6.07) is 9.64. The molecular formula is C22H24Cl3N5. The second-order valence-corrected chi connectivity index (χ2v) is 7.99. The minimum absolute atomic E-state index is 0. The highest BCUT2D eigenvalue weighted by molar-refractivity contribution is 6.35. The van der Waals surface area contributed by atoms with E-state index >= 15 is 0 Å². The number of hydrogen-bond acceptors (Lipinski definition) is 4. The van der Waals surface area contributed by atoms with Gasteiger partial charge in [-0.05, 0) is 37.3 Å². The first kappa shape index (κ1) is 22.6. The van der Waals surface area contributed by atoms with Crippen LogP contribution in [0.2, 0.25) is 10.0 Å². The number of piperazine rings is 1. The fourth-order valence-electron chi connectivity index (χ4n) is 3.57. The van der Waals surface area contributed by atoms with Crippen molar-refractivity contribution in [1.29, 1.82) is 0 Å². The number of benzene rings is 1. The number of hydrogen-bond donors (Lipinski definition) is 0. The molecule has 30 heavy (non-hydrogen) atoms. The van der Waals surface area contributed by atoms with Crippen molar-refractivity contribution in [3.63, 3.8) is 0 Å². The lowest BCUT2D eigenvalue weighted by Crippen LogP contribution is -2.46. The van der Waals surface area contributed by atoms with E-state index in [2.05, 4.69) is 39.0 Å². The Bertz CT molecular complexity index is 975. The normalized spacial score (nSPS) is 14.8. The SMILES string of the molecule is Cc1c(/C=C/CN2CCN(c3cc(Cl)cc(Cl)c3)CC2)cnn1-c1ccncc1.Cl. The third kappa shape index (κ3) is 5.35. The highest BCUT2D eigenvalue weighted by Crippen LogP contribution is 2.26. The summed E-state index contributed by atoms with van der Waals surface area (Å²) in [7, 11) is 0. The Labute approximate surface area is 193 Å². The van der Waals surface area contributed by atoms with Gasteiger partial charge in [0.2, 0.25) is 0 Å². The van der Waals surface area contributed by atoms with Crippen LogP contribution in [0.5, 0.6) is 0 Å². The molecule has 2 aromatic heterocycles. The van der Waals surface area contributed by atoms with Crippen LogP contribution in [0.1, 0.15) is 11.3 Å². The van der Waals surface area contributed by atoms with Gasteiger partial charge >= 0.3 is 0 Å². The van der Waals surface area contributed by atoms with Crippen LogP contribution in [0.4, 0.5) is 5.69 Å². The van der Waals surface area contributed by atoms with Gasteiger partial charge in [0.1, 0.15) is 0 Å². The van der Waals surface area contributed by atoms with Gasteiger partial charge in [0.05, 0.1) is 11.9 Å². The molecule has 0 aliphatic carbocycles. The molecule has 1 saturated heterocycles. The van der Waals surface area contributed by atoms with Crippen molar-refractivity contribution in [3.8, 4) is 5.69 Å². The maximum atomic E-state index is 6.14. The topological polar surface area (TPSA) is 37.2 Å².